The van der Waals surface area contributed by atoms with Crippen LogP contribution in [-0.4, -0.2) is 18.6 Å². The Hall–Kier alpha value is -0.920. The van der Waals surface area contributed by atoms with Crippen LogP contribution in [0, 0.1) is 0 Å². The molecule has 6 nitrogen and oxygen atoms in total. The zero-order chi connectivity index (χ0) is 8.48. The second-order valence-corrected chi connectivity index (χ2v) is 3.47. The fourth-order valence-electron chi connectivity index (χ4n) is 0.691. The third kappa shape index (κ3) is 1.56. The van der Waals surface area contributed by atoms with Crippen molar-refractivity contribution in [1.82, 2.24) is 10.2 Å². The first-order valence-electron chi connectivity index (χ1n) is 2.81. The summed E-state index contributed by atoms with van der Waals surface area (Å²) in [4.78, 5) is 0. The standard InChI is InChI=1S/C4H8N4O2S/c5-1-3-2-7-8-4(3)11(6,9)10/h2H,1,5H2,(H,7,8)(H2,6,9,10). The molecule has 0 radical (unpaired) electrons. The summed E-state index contributed by atoms with van der Waals surface area (Å²) in [6, 6.07) is 0. The molecular weight excluding hydrogens is 168 g/mol. The highest BCUT2D eigenvalue weighted by molar-refractivity contribution is 7.89. The van der Waals surface area contributed by atoms with Crippen molar-refractivity contribution in [3.8, 4) is 0 Å². The Labute approximate surface area is 63.6 Å². The molecule has 0 aliphatic heterocycles. The van der Waals surface area contributed by atoms with Crippen LogP contribution < -0.4 is 10.9 Å². The Balaban J connectivity index is 3.24. The van der Waals surface area contributed by atoms with Crippen molar-refractivity contribution in [1.29, 1.82) is 0 Å². The summed E-state index contributed by atoms with van der Waals surface area (Å²) in [5.41, 5.74) is 5.61. The fourth-order valence-corrected chi connectivity index (χ4v) is 1.37. The maximum absolute atomic E-state index is 10.7. The molecule has 1 heterocycles. The maximum Gasteiger partial charge on any atom is 0.255 e. The average molecular weight is 176 g/mol. The smallest absolute Gasteiger partial charge is 0.255 e. The van der Waals surface area contributed by atoms with Crippen LogP contribution in [0.3, 0.4) is 0 Å². The van der Waals surface area contributed by atoms with Gasteiger partial charge in [0.1, 0.15) is 0 Å². The molecule has 0 amide bonds. The first-order chi connectivity index (χ1) is 5.05. The topological polar surface area (TPSA) is 115 Å². The van der Waals surface area contributed by atoms with Crippen molar-refractivity contribution in [3.63, 3.8) is 0 Å². The molecule has 0 spiro atoms. The largest absolute Gasteiger partial charge is 0.326 e. The number of nitrogens with two attached hydrogens (primary N) is 2. The van der Waals surface area contributed by atoms with E-state index in [2.05, 4.69) is 10.2 Å². The molecule has 0 fully saturated rings. The van der Waals surface area contributed by atoms with E-state index >= 15 is 0 Å². The second kappa shape index (κ2) is 2.61. The van der Waals surface area contributed by atoms with E-state index in [1.807, 2.05) is 0 Å². The summed E-state index contributed by atoms with van der Waals surface area (Å²) in [7, 11) is -3.70. The van der Waals surface area contributed by atoms with Crippen LogP contribution in [-0.2, 0) is 16.6 Å². The van der Waals surface area contributed by atoms with E-state index in [4.69, 9.17) is 10.9 Å². The van der Waals surface area contributed by atoms with E-state index in [-0.39, 0.29) is 11.6 Å². The molecule has 0 bridgehead atoms. The van der Waals surface area contributed by atoms with Crippen molar-refractivity contribution >= 4 is 10.0 Å². The van der Waals surface area contributed by atoms with Gasteiger partial charge in [0.05, 0.1) is 6.20 Å². The molecule has 0 aliphatic carbocycles. The maximum atomic E-state index is 10.7. The minimum atomic E-state index is -3.70. The molecule has 1 aromatic rings. The van der Waals surface area contributed by atoms with Crippen molar-refractivity contribution in [3.05, 3.63) is 11.8 Å². The minimum Gasteiger partial charge on any atom is -0.326 e. The summed E-state index contributed by atoms with van der Waals surface area (Å²) < 4.78 is 21.4. The van der Waals surface area contributed by atoms with E-state index in [1.54, 1.807) is 0 Å². The first-order valence-corrected chi connectivity index (χ1v) is 4.35. The SMILES string of the molecule is NCc1cn[nH]c1S(N)(=O)=O. The molecule has 7 heteroatoms. The summed E-state index contributed by atoms with van der Waals surface area (Å²) >= 11 is 0. The van der Waals surface area contributed by atoms with Crippen LogP contribution in [0.4, 0.5) is 0 Å². The summed E-state index contributed by atoms with van der Waals surface area (Å²) in [6.07, 6.45) is 1.33. The third-order valence-corrected chi connectivity index (χ3v) is 2.11. The quantitative estimate of drug-likeness (QED) is 0.509. The number of hydrogen-bond donors (Lipinski definition) is 3. The highest BCUT2D eigenvalue weighted by atomic mass is 32.2. The number of H-pyrrole nitrogens is 1. The van der Waals surface area contributed by atoms with Crippen LogP contribution in [0.15, 0.2) is 11.2 Å². The van der Waals surface area contributed by atoms with Crippen LogP contribution in [0.25, 0.3) is 0 Å². The molecule has 0 aromatic carbocycles. The summed E-state index contributed by atoms with van der Waals surface area (Å²) in [5, 5.41) is 10.5. The number of nitrogens with zero attached hydrogens (tertiary/aromatic N) is 1. The second-order valence-electron chi connectivity index (χ2n) is 1.97. The predicted molar refractivity (Wildman–Crippen MR) is 37.9 cm³/mol. The van der Waals surface area contributed by atoms with Crippen molar-refractivity contribution in [2.45, 2.75) is 11.6 Å². The number of rotatable bonds is 2. The number of primary sulfonamides is 1. The lowest BCUT2D eigenvalue weighted by atomic mass is 10.4. The normalized spacial score (nSPS) is 11.8. The van der Waals surface area contributed by atoms with E-state index < -0.39 is 10.0 Å². The minimum absolute atomic E-state index is 0.0995. The monoisotopic (exact) mass is 176 g/mol. The number of hydrogen-bond acceptors (Lipinski definition) is 4. The fraction of sp³-hybridized carbons (Fsp3) is 0.250. The first kappa shape index (κ1) is 8.18. The highest BCUT2D eigenvalue weighted by Gasteiger charge is 2.14. The average Bonchev–Trinajstić information content (AvgIpc) is 2.31. The number of nitrogens with one attached hydrogen (secondary N) is 1. The van der Waals surface area contributed by atoms with E-state index in [0.717, 1.165) is 0 Å². The van der Waals surface area contributed by atoms with E-state index in [9.17, 15) is 8.42 Å². The van der Waals surface area contributed by atoms with Gasteiger partial charge in [-0.15, -0.1) is 0 Å². The lowest BCUT2D eigenvalue weighted by molar-refractivity contribution is 0.592. The Morgan fingerprint density at radius 3 is 2.64 bits per heavy atom. The molecule has 0 saturated carbocycles. The zero-order valence-corrected chi connectivity index (χ0v) is 6.43. The Morgan fingerprint density at radius 1 is 1.64 bits per heavy atom. The number of sulfonamides is 1. The van der Waals surface area contributed by atoms with Gasteiger partial charge in [-0.2, -0.15) is 5.10 Å². The van der Waals surface area contributed by atoms with Crippen LogP contribution in [0.5, 0.6) is 0 Å². The molecule has 5 N–H and O–H groups in total. The molecular formula is C4H8N4O2S. The van der Waals surface area contributed by atoms with Gasteiger partial charge in [-0.25, -0.2) is 13.6 Å². The summed E-state index contributed by atoms with van der Waals surface area (Å²) in [6.45, 7) is 0.0995. The lowest BCUT2D eigenvalue weighted by Crippen LogP contribution is -2.15. The molecule has 0 unspecified atom stereocenters. The molecule has 11 heavy (non-hydrogen) atoms. The lowest BCUT2D eigenvalue weighted by Gasteiger charge is -1.94. The molecule has 0 saturated heterocycles. The van der Waals surface area contributed by atoms with Gasteiger partial charge < -0.3 is 5.73 Å². The van der Waals surface area contributed by atoms with Crippen molar-refractivity contribution in [2.75, 3.05) is 0 Å². The Kier molecular flexibility index (Phi) is 1.94. The van der Waals surface area contributed by atoms with E-state index in [1.165, 1.54) is 6.20 Å². The van der Waals surface area contributed by atoms with E-state index in [0.29, 0.717) is 5.56 Å². The molecule has 0 aliphatic rings. The summed E-state index contributed by atoms with van der Waals surface area (Å²) in [5.74, 6) is 0. The van der Waals surface area contributed by atoms with Crippen LogP contribution >= 0.6 is 0 Å². The van der Waals surface area contributed by atoms with Crippen LogP contribution in [0.1, 0.15) is 5.56 Å². The number of aromatic nitrogens is 2. The molecule has 1 rings (SSSR count). The molecule has 0 atom stereocenters. The van der Waals surface area contributed by atoms with Gasteiger partial charge >= 0.3 is 0 Å². The Bertz CT molecular complexity index is 341. The van der Waals surface area contributed by atoms with Crippen molar-refractivity contribution < 1.29 is 8.42 Å². The van der Waals surface area contributed by atoms with Gasteiger partial charge in [0.15, 0.2) is 5.03 Å². The van der Waals surface area contributed by atoms with Gasteiger partial charge in [-0.05, 0) is 0 Å². The van der Waals surface area contributed by atoms with Gasteiger partial charge in [0.2, 0.25) is 0 Å². The van der Waals surface area contributed by atoms with Gasteiger partial charge in [0, 0.05) is 12.1 Å². The molecule has 62 valence electrons. The Morgan fingerprint density at radius 2 is 2.27 bits per heavy atom. The van der Waals surface area contributed by atoms with Gasteiger partial charge in [-0.1, -0.05) is 0 Å². The molecule has 1 aromatic heterocycles. The zero-order valence-electron chi connectivity index (χ0n) is 5.61. The van der Waals surface area contributed by atoms with Crippen LogP contribution in [0.2, 0.25) is 0 Å². The van der Waals surface area contributed by atoms with Crippen molar-refractivity contribution in [2.24, 2.45) is 10.9 Å². The highest BCUT2D eigenvalue weighted by Crippen LogP contribution is 2.07. The third-order valence-electron chi connectivity index (χ3n) is 1.18. The van der Waals surface area contributed by atoms with Gasteiger partial charge in [-0.3, -0.25) is 5.10 Å². The predicted octanol–water partition coefficient (Wildman–Crippen LogP) is -1.48. The van der Waals surface area contributed by atoms with Gasteiger partial charge in [0.25, 0.3) is 10.0 Å². The number of aromatic amines is 1.